The molecule has 0 aromatic carbocycles. The van der Waals surface area contributed by atoms with Crippen LogP contribution in [-0.2, 0) is 9.53 Å². The van der Waals surface area contributed by atoms with E-state index in [1.54, 1.807) is 6.92 Å². The standard InChI is InChI=1S/C11H17F2NO2/c1-2-16-9(15)10-3-4-11(12,13)5-8(10)6-14-7-10/h8,14H,2-7H2,1H3. The third-order valence-corrected chi connectivity index (χ3v) is 3.78. The highest BCUT2D eigenvalue weighted by atomic mass is 19.3. The summed E-state index contributed by atoms with van der Waals surface area (Å²) in [6, 6.07) is 0. The second-order valence-electron chi connectivity index (χ2n) is 4.76. The summed E-state index contributed by atoms with van der Waals surface area (Å²) in [5, 5.41) is 3.05. The van der Waals surface area contributed by atoms with Gasteiger partial charge in [0, 0.05) is 19.4 Å². The van der Waals surface area contributed by atoms with Crippen molar-refractivity contribution in [1.29, 1.82) is 0 Å². The van der Waals surface area contributed by atoms with Gasteiger partial charge in [-0.25, -0.2) is 8.78 Å². The highest BCUT2D eigenvalue weighted by Gasteiger charge is 2.57. The van der Waals surface area contributed by atoms with E-state index in [0.717, 1.165) is 0 Å². The number of hydrogen-bond donors (Lipinski definition) is 1. The van der Waals surface area contributed by atoms with E-state index >= 15 is 0 Å². The largest absolute Gasteiger partial charge is 0.466 e. The van der Waals surface area contributed by atoms with E-state index in [9.17, 15) is 13.6 Å². The molecule has 1 aliphatic heterocycles. The fraction of sp³-hybridized carbons (Fsp3) is 0.909. The zero-order valence-corrected chi connectivity index (χ0v) is 9.39. The molecule has 0 bridgehead atoms. The molecular formula is C11H17F2NO2. The summed E-state index contributed by atoms with van der Waals surface area (Å²) in [6.45, 7) is 3.02. The van der Waals surface area contributed by atoms with Crippen LogP contribution in [0.1, 0.15) is 26.2 Å². The average molecular weight is 233 g/mol. The molecule has 1 N–H and O–H groups in total. The number of nitrogens with one attached hydrogen (secondary N) is 1. The lowest BCUT2D eigenvalue weighted by Crippen LogP contribution is -2.46. The van der Waals surface area contributed by atoms with Gasteiger partial charge >= 0.3 is 5.97 Å². The Morgan fingerprint density at radius 3 is 2.94 bits per heavy atom. The number of esters is 1. The van der Waals surface area contributed by atoms with Crippen molar-refractivity contribution >= 4 is 5.97 Å². The van der Waals surface area contributed by atoms with Crippen LogP contribution in [0.2, 0.25) is 0 Å². The molecule has 0 spiro atoms. The van der Waals surface area contributed by atoms with Gasteiger partial charge in [0.15, 0.2) is 0 Å². The number of alkyl halides is 2. The van der Waals surface area contributed by atoms with Crippen LogP contribution in [-0.4, -0.2) is 31.6 Å². The van der Waals surface area contributed by atoms with E-state index in [0.29, 0.717) is 19.7 Å². The molecule has 0 aromatic rings. The minimum Gasteiger partial charge on any atom is -0.466 e. The van der Waals surface area contributed by atoms with Crippen LogP contribution in [0.15, 0.2) is 0 Å². The van der Waals surface area contributed by atoms with Gasteiger partial charge in [0.2, 0.25) is 5.92 Å². The monoisotopic (exact) mass is 233 g/mol. The van der Waals surface area contributed by atoms with Crippen LogP contribution in [0.25, 0.3) is 0 Å². The topological polar surface area (TPSA) is 38.3 Å². The van der Waals surface area contributed by atoms with Crippen LogP contribution < -0.4 is 5.32 Å². The third kappa shape index (κ3) is 1.81. The predicted octanol–water partition coefficient (Wildman–Crippen LogP) is 1.57. The van der Waals surface area contributed by atoms with Crippen molar-refractivity contribution in [2.45, 2.75) is 32.1 Å². The molecule has 1 heterocycles. The zero-order valence-electron chi connectivity index (χ0n) is 9.39. The number of ether oxygens (including phenoxy) is 1. The smallest absolute Gasteiger partial charge is 0.313 e. The van der Waals surface area contributed by atoms with Gasteiger partial charge in [-0.3, -0.25) is 4.79 Å². The van der Waals surface area contributed by atoms with E-state index in [1.807, 2.05) is 0 Å². The summed E-state index contributed by atoms with van der Waals surface area (Å²) in [4.78, 5) is 11.9. The van der Waals surface area contributed by atoms with Crippen LogP contribution in [0.4, 0.5) is 8.78 Å². The lowest BCUT2D eigenvalue weighted by molar-refractivity contribution is -0.166. The van der Waals surface area contributed by atoms with Gasteiger partial charge in [0.1, 0.15) is 0 Å². The first-order valence-corrected chi connectivity index (χ1v) is 5.76. The first-order chi connectivity index (χ1) is 7.50. The number of rotatable bonds is 2. The van der Waals surface area contributed by atoms with Crippen LogP contribution in [0.3, 0.4) is 0 Å². The SMILES string of the molecule is CCOC(=O)C12CCC(F)(F)CC1CNC2. The van der Waals surface area contributed by atoms with Gasteiger partial charge in [-0.15, -0.1) is 0 Å². The Morgan fingerprint density at radius 1 is 1.50 bits per heavy atom. The summed E-state index contributed by atoms with van der Waals surface area (Å²) >= 11 is 0. The van der Waals surface area contributed by atoms with Gasteiger partial charge < -0.3 is 10.1 Å². The molecule has 1 saturated carbocycles. The molecule has 1 aliphatic carbocycles. The Balaban J connectivity index is 2.16. The maximum atomic E-state index is 13.3. The molecular weight excluding hydrogens is 216 g/mol. The molecule has 0 aromatic heterocycles. The maximum Gasteiger partial charge on any atom is 0.313 e. The Labute approximate surface area is 93.5 Å². The number of fused-ring (bicyclic) bond motifs is 1. The fourth-order valence-corrected chi connectivity index (χ4v) is 2.85. The molecule has 3 nitrogen and oxygen atoms in total. The molecule has 1 saturated heterocycles. The second kappa shape index (κ2) is 3.95. The summed E-state index contributed by atoms with van der Waals surface area (Å²) in [5.74, 6) is -3.21. The van der Waals surface area contributed by atoms with Gasteiger partial charge in [-0.2, -0.15) is 0 Å². The fourth-order valence-electron chi connectivity index (χ4n) is 2.85. The lowest BCUT2D eigenvalue weighted by atomic mass is 9.67. The van der Waals surface area contributed by atoms with Crippen LogP contribution in [0, 0.1) is 11.3 Å². The van der Waals surface area contributed by atoms with Gasteiger partial charge in [0.25, 0.3) is 0 Å². The van der Waals surface area contributed by atoms with E-state index in [2.05, 4.69) is 5.32 Å². The van der Waals surface area contributed by atoms with E-state index < -0.39 is 11.3 Å². The number of carbonyl (C=O) groups is 1. The number of halogens is 2. The van der Waals surface area contributed by atoms with Crippen LogP contribution >= 0.6 is 0 Å². The summed E-state index contributed by atoms with van der Waals surface area (Å²) < 4.78 is 31.6. The Bertz CT molecular complexity index is 296. The summed E-state index contributed by atoms with van der Waals surface area (Å²) in [5.41, 5.74) is -0.697. The highest BCUT2D eigenvalue weighted by molar-refractivity contribution is 5.78. The van der Waals surface area contributed by atoms with Crippen molar-refractivity contribution in [1.82, 2.24) is 5.32 Å². The van der Waals surface area contributed by atoms with Crippen molar-refractivity contribution in [2.24, 2.45) is 11.3 Å². The van der Waals surface area contributed by atoms with Gasteiger partial charge in [-0.1, -0.05) is 0 Å². The molecule has 16 heavy (non-hydrogen) atoms. The number of carbonyl (C=O) groups excluding carboxylic acids is 1. The quantitative estimate of drug-likeness (QED) is 0.736. The van der Waals surface area contributed by atoms with Crippen molar-refractivity contribution < 1.29 is 18.3 Å². The summed E-state index contributed by atoms with van der Waals surface area (Å²) in [7, 11) is 0. The predicted molar refractivity (Wildman–Crippen MR) is 54.2 cm³/mol. The molecule has 5 heteroatoms. The van der Waals surface area contributed by atoms with Crippen molar-refractivity contribution in [2.75, 3.05) is 19.7 Å². The minimum absolute atomic E-state index is 0.196. The van der Waals surface area contributed by atoms with E-state index in [4.69, 9.17) is 4.74 Å². The van der Waals surface area contributed by atoms with Gasteiger partial charge in [0.05, 0.1) is 12.0 Å². The third-order valence-electron chi connectivity index (χ3n) is 3.78. The highest BCUT2D eigenvalue weighted by Crippen LogP contribution is 2.49. The molecule has 2 aliphatic rings. The first-order valence-electron chi connectivity index (χ1n) is 5.76. The Hall–Kier alpha value is -0.710. The van der Waals surface area contributed by atoms with Crippen molar-refractivity contribution in [3.63, 3.8) is 0 Å². The van der Waals surface area contributed by atoms with Crippen molar-refractivity contribution in [3.05, 3.63) is 0 Å². The second-order valence-corrected chi connectivity index (χ2v) is 4.76. The zero-order chi connectivity index (χ0) is 11.8. The van der Waals surface area contributed by atoms with Crippen LogP contribution in [0.5, 0.6) is 0 Å². The van der Waals surface area contributed by atoms with E-state index in [-0.39, 0.29) is 31.1 Å². The van der Waals surface area contributed by atoms with Crippen molar-refractivity contribution in [3.8, 4) is 0 Å². The minimum atomic E-state index is -2.62. The molecule has 2 rings (SSSR count). The molecule has 2 fully saturated rings. The maximum absolute atomic E-state index is 13.3. The Kier molecular flexibility index (Phi) is 2.90. The van der Waals surface area contributed by atoms with E-state index in [1.165, 1.54) is 0 Å². The normalized spacial score (nSPS) is 36.8. The summed E-state index contributed by atoms with van der Waals surface area (Å²) in [6.07, 6.45) is -0.167. The number of hydrogen-bond acceptors (Lipinski definition) is 3. The van der Waals surface area contributed by atoms with Gasteiger partial charge in [-0.05, 0) is 25.8 Å². The molecule has 2 atom stereocenters. The molecule has 2 unspecified atom stereocenters. The Morgan fingerprint density at radius 2 is 2.25 bits per heavy atom. The average Bonchev–Trinajstić information content (AvgIpc) is 2.60. The molecule has 0 amide bonds. The molecule has 0 radical (unpaired) electrons. The lowest BCUT2D eigenvalue weighted by Gasteiger charge is -2.39. The first kappa shape index (κ1) is 11.8. The molecule has 92 valence electrons.